The Morgan fingerprint density at radius 1 is 1.50 bits per heavy atom. The van der Waals surface area contributed by atoms with E-state index >= 15 is 0 Å². The number of aryl methyl sites for hydroxylation is 1. The van der Waals surface area contributed by atoms with E-state index in [9.17, 15) is 0 Å². The summed E-state index contributed by atoms with van der Waals surface area (Å²) in [6.45, 7) is 4.22. The standard InChI is InChI=1S/C9H16ClN3S/c1-4-8-11-12-9(10)13(8)7(2)5-6-14-3/h7H,4-6H2,1-3H3. The molecule has 1 rings (SSSR count). The van der Waals surface area contributed by atoms with E-state index in [2.05, 4.69) is 30.3 Å². The number of thioether (sulfide) groups is 1. The van der Waals surface area contributed by atoms with Gasteiger partial charge >= 0.3 is 0 Å². The van der Waals surface area contributed by atoms with Crippen LogP contribution >= 0.6 is 23.4 Å². The zero-order chi connectivity index (χ0) is 10.6. The Morgan fingerprint density at radius 3 is 2.79 bits per heavy atom. The summed E-state index contributed by atoms with van der Waals surface area (Å²) in [6.07, 6.45) is 4.09. The molecule has 14 heavy (non-hydrogen) atoms. The Hall–Kier alpha value is -0.220. The van der Waals surface area contributed by atoms with E-state index in [1.807, 2.05) is 16.3 Å². The van der Waals surface area contributed by atoms with Crippen molar-refractivity contribution in [1.82, 2.24) is 14.8 Å². The molecule has 80 valence electrons. The molecule has 0 saturated heterocycles. The monoisotopic (exact) mass is 233 g/mol. The first kappa shape index (κ1) is 11.9. The molecule has 0 amide bonds. The quantitative estimate of drug-likeness (QED) is 0.784. The molecule has 0 aliphatic heterocycles. The van der Waals surface area contributed by atoms with Gasteiger partial charge in [0, 0.05) is 12.5 Å². The molecule has 0 aliphatic carbocycles. The third-order valence-electron chi connectivity index (χ3n) is 2.22. The lowest BCUT2D eigenvalue weighted by atomic mass is 10.2. The number of hydrogen-bond acceptors (Lipinski definition) is 3. The highest BCUT2D eigenvalue weighted by Gasteiger charge is 2.14. The van der Waals surface area contributed by atoms with Gasteiger partial charge in [-0.25, -0.2) is 0 Å². The molecular weight excluding hydrogens is 218 g/mol. The Balaban J connectivity index is 2.76. The van der Waals surface area contributed by atoms with Crippen LogP contribution in [0.2, 0.25) is 5.28 Å². The third kappa shape index (κ3) is 2.64. The number of aromatic nitrogens is 3. The lowest BCUT2D eigenvalue weighted by Crippen LogP contribution is -2.10. The molecule has 0 fully saturated rings. The maximum Gasteiger partial charge on any atom is 0.225 e. The van der Waals surface area contributed by atoms with Crippen LogP contribution in [0.4, 0.5) is 0 Å². The normalized spacial score (nSPS) is 13.1. The van der Waals surface area contributed by atoms with Crippen molar-refractivity contribution in [2.24, 2.45) is 0 Å². The minimum Gasteiger partial charge on any atom is -0.299 e. The predicted molar refractivity (Wildman–Crippen MR) is 62.1 cm³/mol. The lowest BCUT2D eigenvalue weighted by Gasteiger charge is -2.15. The average Bonchev–Trinajstić information content (AvgIpc) is 2.56. The van der Waals surface area contributed by atoms with Crippen molar-refractivity contribution >= 4 is 23.4 Å². The van der Waals surface area contributed by atoms with Crippen molar-refractivity contribution in [1.29, 1.82) is 0 Å². The van der Waals surface area contributed by atoms with E-state index in [0.717, 1.165) is 24.4 Å². The van der Waals surface area contributed by atoms with Crippen molar-refractivity contribution in [2.45, 2.75) is 32.7 Å². The van der Waals surface area contributed by atoms with Crippen molar-refractivity contribution in [2.75, 3.05) is 12.0 Å². The lowest BCUT2D eigenvalue weighted by molar-refractivity contribution is 0.514. The smallest absolute Gasteiger partial charge is 0.225 e. The van der Waals surface area contributed by atoms with Gasteiger partial charge in [-0.2, -0.15) is 11.8 Å². The second-order valence-corrected chi connectivity index (χ2v) is 4.56. The van der Waals surface area contributed by atoms with Gasteiger partial charge in [-0.05, 0) is 37.0 Å². The first-order valence-corrected chi connectivity index (χ1v) is 6.56. The number of nitrogens with zero attached hydrogens (tertiary/aromatic N) is 3. The second kappa shape index (κ2) is 5.61. The highest BCUT2D eigenvalue weighted by molar-refractivity contribution is 7.98. The molecule has 0 bridgehead atoms. The largest absolute Gasteiger partial charge is 0.299 e. The molecule has 0 saturated carbocycles. The Kier molecular flexibility index (Phi) is 4.75. The Bertz CT molecular complexity index is 288. The van der Waals surface area contributed by atoms with Gasteiger partial charge in [0.2, 0.25) is 5.28 Å². The van der Waals surface area contributed by atoms with Gasteiger partial charge in [0.05, 0.1) is 0 Å². The number of rotatable bonds is 5. The molecule has 0 aliphatic rings. The molecular formula is C9H16ClN3S. The third-order valence-corrected chi connectivity index (χ3v) is 3.12. The maximum atomic E-state index is 5.98. The zero-order valence-electron chi connectivity index (χ0n) is 8.83. The summed E-state index contributed by atoms with van der Waals surface area (Å²) in [6, 6.07) is 0.389. The molecule has 0 aromatic carbocycles. The SMILES string of the molecule is CCc1nnc(Cl)n1C(C)CCSC. The first-order valence-electron chi connectivity index (χ1n) is 4.78. The summed E-state index contributed by atoms with van der Waals surface area (Å²) in [5.74, 6) is 2.11. The number of halogens is 1. The summed E-state index contributed by atoms with van der Waals surface area (Å²) in [7, 11) is 0. The summed E-state index contributed by atoms with van der Waals surface area (Å²) in [4.78, 5) is 0. The van der Waals surface area contributed by atoms with Crippen LogP contribution in [0.5, 0.6) is 0 Å². The highest BCUT2D eigenvalue weighted by atomic mass is 35.5. The Labute approximate surface area is 94.2 Å². The van der Waals surface area contributed by atoms with Gasteiger partial charge in [0.25, 0.3) is 0 Å². The summed E-state index contributed by atoms with van der Waals surface area (Å²) >= 11 is 7.83. The predicted octanol–water partition coefficient (Wildman–Crippen LogP) is 2.81. The number of hydrogen-bond donors (Lipinski definition) is 0. The van der Waals surface area contributed by atoms with Gasteiger partial charge in [0.15, 0.2) is 0 Å². The molecule has 1 aromatic heterocycles. The zero-order valence-corrected chi connectivity index (χ0v) is 10.4. The van der Waals surface area contributed by atoms with Gasteiger partial charge in [-0.3, -0.25) is 4.57 Å². The van der Waals surface area contributed by atoms with Crippen molar-refractivity contribution in [3.05, 3.63) is 11.1 Å². The van der Waals surface area contributed by atoms with Crippen molar-refractivity contribution < 1.29 is 0 Å². The second-order valence-electron chi connectivity index (χ2n) is 3.24. The highest BCUT2D eigenvalue weighted by Crippen LogP contribution is 2.20. The molecule has 0 N–H and O–H groups in total. The van der Waals surface area contributed by atoms with Crippen LogP contribution in [0.15, 0.2) is 0 Å². The molecule has 1 heterocycles. The van der Waals surface area contributed by atoms with Gasteiger partial charge in [-0.1, -0.05) is 6.92 Å². The summed E-state index contributed by atoms with van der Waals surface area (Å²) in [5.41, 5.74) is 0. The topological polar surface area (TPSA) is 30.7 Å². The van der Waals surface area contributed by atoms with Crippen LogP contribution in [0.25, 0.3) is 0 Å². The van der Waals surface area contributed by atoms with Gasteiger partial charge in [0.1, 0.15) is 5.82 Å². The van der Waals surface area contributed by atoms with Crippen molar-refractivity contribution in [3.8, 4) is 0 Å². The van der Waals surface area contributed by atoms with Gasteiger partial charge in [-0.15, -0.1) is 10.2 Å². The molecule has 3 nitrogen and oxygen atoms in total. The van der Waals surface area contributed by atoms with E-state index in [-0.39, 0.29) is 0 Å². The van der Waals surface area contributed by atoms with Crippen LogP contribution < -0.4 is 0 Å². The fourth-order valence-corrected chi connectivity index (χ4v) is 2.28. The van der Waals surface area contributed by atoms with Crippen LogP contribution in [-0.4, -0.2) is 26.8 Å². The van der Waals surface area contributed by atoms with E-state index < -0.39 is 0 Å². The average molecular weight is 234 g/mol. The Morgan fingerprint density at radius 2 is 2.21 bits per heavy atom. The molecule has 1 aromatic rings. The van der Waals surface area contributed by atoms with E-state index in [0.29, 0.717) is 11.3 Å². The van der Waals surface area contributed by atoms with Crippen LogP contribution in [-0.2, 0) is 6.42 Å². The molecule has 0 spiro atoms. The van der Waals surface area contributed by atoms with E-state index in [1.54, 1.807) is 0 Å². The molecule has 1 atom stereocenters. The van der Waals surface area contributed by atoms with E-state index in [1.165, 1.54) is 0 Å². The van der Waals surface area contributed by atoms with Crippen molar-refractivity contribution in [3.63, 3.8) is 0 Å². The minimum atomic E-state index is 0.389. The molecule has 5 heteroatoms. The maximum absolute atomic E-state index is 5.98. The van der Waals surface area contributed by atoms with Gasteiger partial charge < -0.3 is 0 Å². The minimum absolute atomic E-state index is 0.389. The molecule has 1 unspecified atom stereocenters. The van der Waals surface area contributed by atoms with Crippen LogP contribution in [0.3, 0.4) is 0 Å². The fraction of sp³-hybridized carbons (Fsp3) is 0.778. The van der Waals surface area contributed by atoms with E-state index in [4.69, 9.17) is 11.6 Å². The summed E-state index contributed by atoms with van der Waals surface area (Å²) in [5, 5.41) is 8.44. The summed E-state index contributed by atoms with van der Waals surface area (Å²) < 4.78 is 2.03. The van der Waals surface area contributed by atoms with Crippen LogP contribution in [0, 0.1) is 0 Å². The first-order chi connectivity index (χ1) is 6.70. The fourth-order valence-electron chi connectivity index (χ4n) is 1.40. The molecule has 0 radical (unpaired) electrons. The van der Waals surface area contributed by atoms with Crippen LogP contribution in [0.1, 0.15) is 32.1 Å².